The number of nitrogens with zero attached hydrogens (tertiary/aromatic N) is 1. The Labute approximate surface area is 117 Å². The molecule has 0 saturated carbocycles. The van der Waals surface area contributed by atoms with E-state index in [9.17, 15) is 5.11 Å². The fourth-order valence-corrected chi connectivity index (χ4v) is 3.09. The quantitative estimate of drug-likeness (QED) is 0.899. The van der Waals surface area contributed by atoms with Crippen LogP contribution < -0.4 is 0 Å². The Hall–Kier alpha value is -0.860. The van der Waals surface area contributed by atoms with Crippen LogP contribution in [0.2, 0.25) is 0 Å². The molecule has 1 N–H and O–H groups in total. The number of hydrogen-bond donors (Lipinski definition) is 1. The average Bonchev–Trinajstić information content (AvgIpc) is 2.65. The van der Waals surface area contributed by atoms with Gasteiger partial charge in [-0.2, -0.15) is 0 Å². The van der Waals surface area contributed by atoms with E-state index in [1.165, 1.54) is 37.8 Å². The molecule has 1 fully saturated rings. The maximum Gasteiger partial charge on any atom is 0.0537 e. The van der Waals surface area contributed by atoms with Gasteiger partial charge in [0.25, 0.3) is 0 Å². The molecule has 2 heteroatoms. The van der Waals surface area contributed by atoms with Gasteiger partial charge in [-0.25, -0.2) is 0 Å². The summed E-state index contributed by atoms with van der Waals surface area (Å²) < 4.78 is 0. The van der Waals surface area contributed by atoms with Crippen LogP contribution in [0.3, 0.4) is 0 Å². The van der Waals surface area contributed by atoms with Crippen molar-refractivity contribution in [2.75, 3.05) is 19.7 Å². The molecule has 1 heterocycles. The summed E-state index contributed by atoms with van der Waals surface area (Å²) in [6.45, 7) is 6.84. The minimum absolute atomic E-state index is 0.153. The highest BCUT2D eigenvalue weighted by atomic mass is 16.3. The summed E-state index contributed by atoms with van der Waals surface area (Å²) in [6.07, 6.45) is 5.28. The summed E-state index contributed by atoms with van der Waals surface area (Å²) in [6, 6.07) is 11.1. The predicted octanol–water partition coefficient (Wildman–Crippen LogP) is 3.20. The van der Waals surface area contributed by atoms with E-state index in [1.54, 1.807) is 0 Å². The summed E-state index contributed by atoms with van der Waals surface area (Å²) in [5, 5.41) is 9.90. The van der Waals surface area contributed by atoms with Crippen LogP contribution in [-0.4, -0.2) is 35.7 Å². The fourth-order valence-electron chi connectivity index (χ4n) is 3.09. The number of aliphatic hydroxyl groups excluding tert-OH is 1. The molecule has 0 amide bonds. The molecule has 1 aliphatic heterocycles. The van der Waals surface area contributed by atoms with E-state index in [4.69, 9.17) is 0 Å². The molecule has 0 spiro atoms. The smallest absolute Gasteiger partial charge is 0.0537 e. The van der Waals surface area contributed by atoms with Gasteiger partial charge in [0.05, 0.1) is 6.61 Å². The second-order valence-corrected chi connectivity index (χ2v) is 6.25. The second kappa shape index (κ2) is 6.53. The molecule has 0 aromatic heterocycles. The third-order valence-corrected chi connectivity index (χ3v) is 4.56. The van der Waals surface area contributed by atoms with Crippen molar-refractivity contribution in [1.82, 2.24) is 4.90 Å². The molecule has 1 saturated heterocycles. The maximum atomic E-state index is 9.90. The summed E-state index contributed by atoms with van der Waals surface area (Å²) >= 11 is 0. The van der Waals surface area contributed by atoms with Crippen LogP contribution in [0.1, 0.15) is 45.1 Å². The molecule has 2 nitrogen and oxygen atoms in total. The number of likely N-dealkylation sites (tertiary alicyclic amines) is 1. The van der Waals surface area contributed by atoms with Gasteiger partial charge in [0.1, 0.15) is 0 Å². The minimum atomic E-state index is -0.153. The van der Waals surface area contributed by atoms with E-state index in [2.05, 4.69) is 43.0 Å². The van der Waals surface area contributed by atoms with E-state index in [0.29, 0.717) is 6.04 Å². The lowest BCUT2D eigenvalue weighted by atomic mass is 9.82. The van der Waals surface area contributed by atoms with Gasteiger partial charge in [-0.1, -0.05) is 50.1 Å². The standard InChI is InChI=1S/C17H27NO/c1-15-9-5-4-8-12-18(15)13-17(2,14-19)16-10-6-3-7-11-16/h3,6-7,10-11,15,19H,4-5,8-9,12-14H2,1-2H3. The van der Waals surface area contributed by atoms with Crippen LogP contribution in [0.25, 0.3) is 0 Å². The minimum Gasteiger partial charge on any atom is -0.395 e. The Morgan fingerprint density at radius 1 is 1.21 bits per heavy atom. The summed E-state index contributed by atoms with van der Waals surface area (Å²) in [5.74, 6) is 0. The van der Waals surface area contributed by atoms with Gasteiger partial charge >= 0.3 is 0 Å². The average molecular weight is 261 g/mol. The van der Waals surface area contributed by atoms with Gasteiger partial charge in [0.2, 0.25) is 0 Å². The van der Waals surface area contributed by atoms with Crippen molar-refractivity contribution in [1.29, 1.82) is 0 Å². The zero-order chi connectivity index (χ0) is 13.7. The summed E-state index contributed by atoms with van der Waals surface area (Å²) in [7, 11) is 0. The molecule has 1 aliphatic rings. The van der Waals surface area contributed by atoms with E-state index in [-0.39, 0.29) is 12.0 Å². The zero-order valence-corrected chi connectivity index (χ0v) is 12.3. The molecule has 2 atom stereocenters. The number of aliphatic hydroxyl groups is 1. The number of hydrogen-bond acceptors (Lipinski definition) is 2. The van der Waals surface area contributed by atoms with Crippen molar-refractivity contribution in [3.05, 3.63) is 35.9 Å². The Morgan fingerprint density at radius 2 is 1.95 bits per heavy atom. The van der Waals surface area contributed by atoms with Gasteiger partial charge in [-0.3, -0.25) is 4.90 Å². The predicted molar refractivity (Wildman–Crippen MR) is 80.4 cm³/mol. The van der Waals surface area contributed by atoms with E-state index < -0.39 is 0 Å². The van der Waals surface area contributed by atoms with E-state index >= 15 is 0 Å². The molecular weight excluding hydrogens is 234 g/mol. The summed E-state index contributed by atoms with van der Waals surface area (Å²) in [5.41, 5.74) is 1.09. The van der Waals surface area contributed by atoms with E-state index in [1.807, 2.05) is 6.07 Å². The van der Waals surface area contributed by atoms with Gasteiger partial charge in [0, 0.05) is 18.0 Å². The van der Waals surface area contributed by atoms with Crippen LogP contribution in [0.5, 0.6) is 0 Å². The van der Waals surface area contributed by atoms with Crippen LogP contribution in [0.4, 0.5) is 0 Å². The Bertz CT molecular complexity index is 378. The highest BCUT2D eigenvalue weighted by Crippen LogP contribution is 2.27. The van der Waals surface area contributed by atoms with Crippen LogP contribution >= 0.6 is 0 Å². The Kier molecular flexibility index (Phi) is 5.00. The molecule has 1 aromatic rings. The second-order valence-electron chi connectivity index (χ2n) is 6.25. The van der Waals surface area contributed by atoms with Crippen molar-refractivity contribution in [2.24, 2.45) is 0 Å². The third-order valence-electron chi connectivity index (χ3n) is 4.56. The fraction of sp³-hybridized carbons (Fsp3) is 0.647. The van der Waals surface area contributed by atoms with Crippen molar-refractivity contribution < 1.29 is 5.11 Å². The van der Waals surface area contributed by atoms with Crippen molar-refractivity contribution >= 4 is 0 Å². The molecular formula is C17H27NO. The maximum absolute atomic E-state index is 9.90. The first kappa shape index (κ1) is 14.5. The van der Waals surface area contributed by atoms with Crippen LogP contribution in [0.15, 0.2) is 30.3 Å². The summed E-state index contributed by atoms with van der Waals surface area (Å²) in [4.78, 5) is 2.57. The third kappa shape index (κ3) is 3.58. The van der Waals surface area contributed by atoms with Gasteiger partial charge < -0.3 is 5.11 Å². The molecule has 0 radical (unpaired) electrons. The topological polar surface area (TPSA) is 23.5 Å². The molecule has 0 aliphatic carbocycles. The van der Waals surface area contributed by atoms with Gasteiger partial charge in [-0.05, 0) is 31.9 Å². The Balaban J connectivity index is 2.13. The molecule has 2 rings (SSSR count). The number of rotatable bonds is 4. The zero-order valence-electron chi connectivity index (χ0n) is 12.3. The lowest BCUT2D eigenvalue weighted by Gasteiger charge is -2.37. The van der Waals surface area contributed by atoms with Gasteiger partial charge in [0.15, 0.2) is 0 Å². The lowest BCUT2D eigenvalue weighted by Crippen LogP contribution is -2.45. The molecule has 0 bridgehead atoms. The van der Waals surface area contributed by atoms with Crippen molar-refractivity contribution in [2.45, 2.75) is 51.0 Å². The van der Waals surface area contributed by atoms with Crippen LogP contribution in [0, 0.1) is 0 Å². The Morgan fingerprint density at radius 3 is 2.63 bits per heavy atom. The SMILES string of the molecule is CC1CCCCCN1CC(C)(CO)c1ccccc1. The van der Waals surface area contributed by atoms with Gasteiger partial charge in [-0.15, -0.1) is 0 Å². The first-order valence-corrected chi connectivity index (χ1v) is 7.56. The van der Waals surface area contributed by atoms with Crippen LogP contribution in [-0.2, 0) is 5.41 Å². The first-order chi connectivity index (χ1) is 9.15. The van der Waals surface area contributed by atoms with E-state index in [0.717, 1.165) is 6.54 Å². The monoisotopic (exact) mass is 261 g/mol. The lowest BCUT2D eigenvalue weighted by molar-refractivity contribution is 0.120. The van der Waals surface area contributed by atoms with Crippen molar-refractivity contribution in [3.8, 4) is 0 Å². The normalized spacial score (nSPS) is 24.7. The first-order valence-electron chi connectivity index (χ1n) is 7.56. The largest absolute Gasteiger partial charge is 0.395 e. The number of benzene rings is 1. The highest BCUT2D eigenvalue weighted by molar-refractivity contribution is 5.25. The van der Waals surface area contributed by atoms with Crippen molar-refractivity contribution in [3.63, 3.8) is 0 Å². The molecule has 19 heavy (non-hydrogen) atoms. The highest BCUT2D eigenvalue weighted by Gasteiger charge is 2.30. The molecule has 2 unspecified atom stereocenters. The molecule has 106 valence electrons. The molecule has 1 aromatic carbocycles.